The molecule has 5 rings (SSSR count). The first-order valence-electron chi connectivity index (χ1n) is 11.7. The average molecular weight is 439 g/mol. The van der Waals surface area contributed by atoms with Gasteiger partial charge in [-0.2, -0.15) is 4.39 Å². The lowest BCUT2D eigenvalue weighted by molar-refractivity contribution is -0.132. The molecule has 0 bridgehead atoms. The second-order valence-electron chi connectivity index (χ2n) is 9.42. The predicted molar refractivity (Wildman–Crippen MR) is 120 cm³/mol. The molecule has 6 nitrogen and oxygen atoms in total. The van der Waals surface area contributed by atoms with Crippen molar-refractivity contribution in [1.29, 1.82) is 0 Å². The summed E-state index contributed by atoms with van der Waals surface area (Å²) in [7, 11) is 0. The van der Waals surface area contributed by atoms with Crippen molar-refractivity contribution in [1.82, 2.24) is 20.5 Å². The normalized spacial score (nSPS) is 24.0. The fourth-order valence-corrected chi connectivity index (χ4v) is 5.15. The van der Waals surface area contributed by atoms with Crippen LogP contribution in [0.2, 0.25) is 0 Å². The maximum Gasteiger partial charge on any atom is 0.236 e. The summed E-state index contributed by atoms with van der Waals surface area (Å²) in [6.45, 7) is 4.49. The number of piperidine rings is 1. The van der Waals surface area contributed by atoms with Gasteiger partial charge in [-0.3, -0.25) is 4.79 Å². The summed E-state index contributed by atoms with van der Waals surface area (Å²) in [5.74, 6) is 0.783. The Morgan fingerprint density at radius 2 is 2.06 bits per heavy atom. The molecule has 1 amide bonds. The van der Waals surface area contributed by atoms with Crippen molar-refractivity contribution in [3.63, 3.8) is 0 Å². The second-order valence-corrected chi connectivity index (χ2v) is 9.42. The third-order valence-corrected chi connectivity index (χ3v) is 7.35. The summed E-state index contributed by atoms with van der Waals surface area (Å²) >= 11 is 0. The molecule has 2 aromatic rings. The number of benzene rings is 1. The number of nitrogens with zero attached hydrogens (tertiary/aromatic N) is 2. The van der Waals surface area contributed by atoms with E-state index in [4.69, 9.17) is 4.74 Å². The van der Waals surface area contributed by atoms with Crippen LogP contribution < -0.4 is 15.4 Å². The molecule has 3 fully saturated rings. The molecule has 1 aromatic heterocycles. The molecule has 1 spiro atoms. The van der Waals surface area contributed by atoms with Crippen molar-refractivity contribution < 1.29 is 13.9 Å². The van der Waals surface area contributed by atoms with Crippen molar-refractivity contribution in [2.75, 3.05) is 32.7 Å². The summed E-state index contributed by atoms with van der Waals surface area (Å²) in [5, 5.41) is 6.92. The van der Waals surface area contributed by atoms with Crippen LogP contribution in [0.5, 0.6) is 5.75 Å². The number of ether oxygens (including phenoxy) is 1. The van der Waals surface area contributed by atoms with Crippen molar-refractivity contribution in [2.45, 2.75) is 44.2 Å². The van der Waals surface area contributed by atoms with Crippen molar-refractivity contribution in [3.05, 3.63) is 59.7 Å². The van der Waals surface area contributed by atoms with Gasteiger partial charge in [0.2, 0.25) is 11.9 Å². The number of rotatable bonds is 7. The van der Waals surface area contributed by atoms with E-state index in [-0.39, 0.29) is 18.6 Å². The Morgan fingerprint density at radius 1 is 1.22 bits per heavy atom. The van der Waals surface area contributed by atoms with Crippen molar-refractivity contribution >= 4 is 5.91 Å². The van der Waals surface area contributed by atoms with Gasteiger partial charge in [-0.15, -0.1) is 0 Å². The maximum absolute atomic E-state index is 13.8. The van der Waals surface area contributed by atoms with Crippen LogP contribution in [-0.4, -0.2) is 54.6 Å². The maximum atomic E-state index is 13.8. The van der Waals surface area contributed by atoms with Crippen LogP contribution >= 0.6 is 0 Å². The lowest BCUT2D eigenvalue weighted by Crippen LogP contribution is -2.47. The van der Waals surface area contributed by atoms with Crippen molar-refractivity contribution in [3.8, 4) is 5.75 Å². The zero-order chi connectivity index (χ0) is 22.0. The Kier molecular flexibility index (Phi) is 6.11. The largest absolute Gasteiger partial charge is 0.488 e. The van der Waals surface area contributed by atoms with E-state index in [1.54, 1.807) is 12.1 Å². The molecule has 3 aliphatic rings. The highest BCUT2D eigenvalue weighted by Crippen LogP contribution is 2.45. The summed E-state index contributed by atoms with van der Waals surface area (Å²) in [6, 6.07) is 11.6. The molecule has 3 heterocycles. The molecule has 1 saturated carbocycles. The Balaban J connectivity index is 1.11. The first-order valence-corrected chi connectivity index (χ1v) is 11.7. The number of hydrogen-bond acceptors (Lipinski definition) is 5. The van der Waals surface area contributed by atoms with Gasteiger partial charge >= 0.3 is 0 Å². The zero-order valence-electron chi connectivity index (χ0n) is 18.4. The van der Waals surface area contributed by atoms with E-state index in [1.807, 2.05) is 23.1 Å². The Labute approximate surface area is 188 Å². The minimum atomic E-state index is -0.498. The third kappa shape index (κ3) is 4.64. The number of nitrogens with one attached hydrogen (secondary N) is 2. The topological polar surface area (TPSA) is 66.5 Å². The number of halogens is 1. The Bertz CT molecular complexity index is 952. The van der Waals surface area contributed by atoms with E-state index in [1.165, 1.54) is 12.6 Å². The van der Waals surface area contributed by atoms with Crippen LogP contribution in [0.15, 0.2) is 42.6 Å². The van der Waals surface area contributed by atoms with Crippen LogP contribution in [0.1, 0.15) is 42.7 Å². The van der Waals surface area contributed by atoms with Crippen LogP contribution in [0.4, 0.5) is 4.39 Å². The van der Waals surface area contributed by atoms with Gasteiger partial charge in [0, 0.05) is 43.4 Å². The monoisotopic (exact) mass is 438 g/mol. The molecule has 2 aliphatic heterocycles. The number of aromatic nitrogens is 1. The Hall–Kier alpha value is -2.51. The number of para-hydroxylation sites is 1. The highest BCUT2D eigenvalue weighted by Gasteiger charge is 2.41. The van der Waals surface area contributed by atoms with E-state index in [0.717, 1.165) is 56.8 Å². The summed E-state index contributed by atoms with van der Waals surface area (Å²) in [5.41, 5.74) is 1.97. The minimum Gasteiger partial charge on any atom is -0.488 e. The average Bonchev–Trinajstić information content (AvgIpc) is 3.47. The molecule has 0 unspecified atom stereocenters. The van der Waals surface area contributed by atoms with Gasteiger partial charge < -0.3 is 20.3 Å². The molecule has 1 aromatic carbocycles. The third-order valence-electron chi connectivity index (χ3n) is 7.35. The highest BCUT2D eigenvalue weighted by molar-refractivity contribution is 5.78. The molecule has 2 N–H and O–H groups in total. The first kappa shape index (κ1) is 21.3. The minimum absolute atomic E-state index is 0.145. The second kappa shape index (κ2) is 9.16. The standard InChI is InChI=1S/C25H31FN4O2/c26-24-18(4-3-10-28-24)16-32-22-6-2-1-5-19(22)20-14-21(20)29-15-23(31)30-12-8-25(9-13-30)7-11-27-17-25/h1-6,10,20-21,27,29H,7-9,11-17H2/t20-,21+/m0/s1. The van der Waals surface area contributed by atoms with E-state index < -0.39 is 5.95 Å². The molecule has 32 heavy (non-hydrogen) atoms. The number of pyridine rings is 1. The SMILES string of the molecule is O=C(CN[C@@H]1C[C@H]1c1ccccc1OCc1cccnc1F)N1CCC2(CCNC2)CC1. The number of carbonyl (C=O) groups excluding carboxylic acids is 1. The molecule has 1 aliphatic carbocycles. The smallest absolute Gasteiger partial charge is 0.236 e. The molecule has 170 valence electrons. The highest BCUT2D eigenvalue weighted by atomic mass is 19.1. The van der Waals surface area contributed by atoms with Gasteiger partial charge in [-0.1, -0.05) is 18.2 Å². The molecule has 7 heteroatoms. The zero-order valence-corrected chi connectivity index (χ0v) is 18.4. The van der Waals surface area contributed by atoms with Crippen LogP contribution in [0.25, 0.3) is 0 Å². The molecule has 2 atom stereocenters. The van der Waals surface area contributed by atoms with Gasteiger partial charge in [0.15, 0.2) is 0 Å². The Morgan fingerprint density at radius 3 is 2.84 bits per heavy atom. The van der Waals surface area contributed by atoms with Crippen LogP contribution in [0.3, 0.4) is 0 Å². The predicted octanol–water partition coefficient (Wildman–Crippen LogP) is 2.85. The van der Waals surface area contributed by atoms with Crippen LogP contribution in [0, 0.1) is 11.4 Å². The lowest BCUT2D eigenvalue weighted by Gasteiger charge is -2.39. The van der Waals surface area contributed by atoms with Crippen molar-refractivity contribution in [2.24, 2.45) is 5.41 Å². The van der Waals surface area contributed by atoms with Gasteiger partial charge in [0.05, 0.1) is 6.54 Å². The van der Waals surface area contributed by atoms with E-state index >= 15 is 0 Å². The number of carbonyl (C=O) groups is 1. The lowest BCUT2D eigenvalue weighted by atomic mass is 9.78. The quantitative estimate of drug-likeness (QED) is 0.651. The van der Waals surface area contributed by atoms with E-state index in [0.29, 0.717) is 23.4 Å². The van der Waals surface area contributed by atoms with Gasteiger partial charge in [0.25, 0.3) is 0 Å². The fraction of sp³-hybridized carbons (Fsp3) is 0.520. The molecule has 0 radical (unpaired) electrons. The fourth-order valence-electron chi connectivity index (χ4n) is 5.15. The van der Waals surface area contributed by atoms with Gasteiger partial charge in [-0.05, 0) is 61.4 Å². The van der Waals surface area contributed by atoms with E-state index in [9.17, 15) is 9.18 Å². The number of amides is 1. The number of likely N-dealkylation sites (tertiary alicyclic amines) is 1. The first-order chi connectivity index (χ1) is 15.6. The number of hydrogen-bond donors (Lipinski definition) is 2. The summed E-state index contributed by atoms with van der Waals surface area (Å²) in [6.07, 6.45) is 5.87. The van der Waals surface area contributed by atoms with Gasteiger partial charge in [-0.25, -0.2) is 4.98 Å². The molecular weight excluding hydrogens is 407 g/mol. The summed E-state index contributed by atoms with van der Waals surface area (Å²) in [4.78, 5) is 18.4. The molecular formula is C25H31FN4O2. The van der Waals surface area contributed by atoms with Crippen LogP contribution in [-0.2, 0) is 11.4 Å². The van der Waals surface area contributed by atoms with E-state index in [2.05, 4.69) is 21.7 Å². The summed E-state index contributed by atoms with van der Waals surface area (Å²) < 4.78 is 19.7. The molecule has 2 saturated heterocycles. The van der Waals surface area contributed by atoms with Gasteiger partial charge in [0.1, 0.15) is 12.4 Å².